The number of benzene rings is 1. The minimum absolute atomic E-state index is 0.0139. The Labute approximate surface area is 105 Å². The zero-order valence-corrected chi connectivity index (χ0v) is 10.7. The second-order valence-electron chi connectivity index (χ2n) is 3.42. The number of anilines is 1. The number of aryl methyl sites for hydroxylation is 1. The lowest BCUT2D eigenvalue weighted by Crippen LogP contribution is -2.10. The van der Waals surface area contributed by atoms with Gasteiger partial charge in [0.25, 0.3) is 0 Å². The predicted octanol–water partition coefficient (Wildman–Crippen LogP) is 2.01. The van der Waals surface area contributed by atoms with Gasteiger partial charge in [-0.15, -0.1) is 0 Å². The van der Waals surface area contributed by atoms with Crippen LogP contribution in [0.5, 0.6) is 0 Å². The van der Waals surface area contributed by atoms with Crippen molar-refractivity contribution in [1.29, 1.82) is 0 Å². The molecule has 0 aliphatic carbocycles. The smallest absolute Gasteiger partial charge is 0.316 e. The van der Waals surface area contributed by atoms with Crippen molar-refractivity contribution in [2.75, 3.05) is 18.1 Å². The number of nitrogen functional groups attached to an aromatic ring is 1. The van der Waals surface area contributed by atoms with E-state index in [0.717, 1.165) is 17.3 Å². The molecule has 0 fully saturated rings. The van der Waals surface area contributed by atoms with Crippen LogP contribution in [0.2, 0.25) is 0 Å². The Morgan fingerprint density at radius 3 is 2.76 bits per heavy atom. The van der Waals surface area contributed by atoms with E-state index >= 15 is 0 Å². The van der Waals surface area contributed by atoms with Crippen molar-refractivity contribution >= 4 is 28.5 Å². The molecule has 2 N–H and O–H groups in total. The van der Waals surface area contributed by atoms with Gasteiger partial charge in [0, 0.05) is 5.69 Å². The Bertz CT molecular complexity index is 432. The van der Waals surface area contributed by atoms with E-state index in [9.17, 15) is 9.59 Å². The van der Waals surface area contributed by atoms with E-state index in [2.05, 4.69) is 0 Å². The van der Waals surface area contributed by atoms with Gasteiger partial charge in [0.2, 0.25) is 5.12 Å². The molecular weight excluding hydrogens is 238 g/mol. The molecule has 0 radical (unpaired) electrons. The van der Waals surface area contributed by atoms with Gasteiger partial charge in [-0.05, 0) is 25.5 Å². The number of rotatable bonds is 4. The van der Waals surface area contributed by atoms with Crippen molar-refractivity contribution in [3.8, 4) is 0 Å². The SMILES string of the molecule is CCOC(=O)CSC(=O)c1cccc(C)c1N. The standard InChI is InChI=1S/C12H15NO3S/c1-3-16-10(14)7-17-12(15)9-6-4-5-8(2)11(9)13/h4-6H,3,7,13H2,1-2H3. The van der Waals surface area contributed by atoms with E-state index in [-0.39, 0.29) is 10.9 Å². The second kappa shape index (κ2) is 6.30. The Hall–Kier alpha value is -1.49. The van der Waals surface area contributed by atoms with Gasteiger partial charge in [0.15, 0.2) is 0 Å². The number of carbonyl (C=O) groups is 2. The molecule has 0 aliphatic rings. The third-order valence-electron chi connectivity index (χ3n) is 2.17. The first-order valence-electron chi connectivity index (χ1n) is 5.24. The first-order chi connectivity index (χ1) is 8.06. The molecule has 0 atom stereocenters. The minimum Gasteiger partial charge on any atom is -0.465 e. The van der Waals surface area contributed by atoms with Crippen LogP contribution in [0.3, 0.4) is 0 Å². The average molecular weight is 253 g/mol. The highest BCUT2D eigenvalue weighted by Crippen LogP contribution is 2.21. The topological polar surface area (TPSA) is 69.4 Å². The molecule has 0 amide bonds. The van der Waals surface area contributed by atoms with Crippen molar-refractivity contribution in [2.45, 2.75) is 13.8 Å². The highest BCUT2D eigenvalue weighted by molar-refractivity contribution is 8.14. The first kappa shape index (κ1) is 13.6. The van der Waals surface area contributed by atoms with Crippen LogP contribution in [0.1, 0.15) is 22.8 Å². The highest BCUT2D eigenvalue weighted by atomic mass is 32.2. The third kappa shape index (κ3) is 3.78. The molecule has 1 aromatic rings. The summed E-state index contributed by atoms with van der Waals surface area (Å²) in [7, 11) is 0. The molecule has 0 saturated carbocycles. The zero-order valence-electron chi connectivity index (χ0n) is 9.86. The van der Waals surface area contributed by atoms with Crippen LogP contribution >= 0.6 is 11.8 Å². The zero-order chi connectivity index (χ0) is 12.8. The molecule has 17 heavy (non-hydrogen) atoms. The lowest BCUT2D eigenvalue weighted by molar-refractivity contribution is -0.139. The van der Waals surface area contributed by atoms with Crippen molar-refractivity contribution in [3.63, 3.8) is 0 Å². The van der Waals surface area contributed by atoms with Crippen LogP contribution < -0.4 is 5.73 Å². The molecule has 5 heteroatoms. The first-order valence-corrected chi connectivity index (χ1v) is 6.22. The fourth-order valence-corrected chi connectivity index (χ4v) is 1.93. The molecule has 4 nitrogen and oxygen atoms in total. The van der Waals surface area contributed by atoms with E-state index in [1.54, 1.807) is 19.1 Å². The van der Waals surface area contributed by atoms with Gasteiger partial charge in [-0.3, -0.25) is 9.59 Å². The molecule has 0 aromatic heterocycles. The van der Waals surface area contributed by atoms with Crippen LogP contribution in [0.15, 0.2) is 18.2 Å². The number of esters is 1. The highest BCUT2D eigenvalue weighted by Gasteiger charge is 2.13. The Kier molecular flexibility index (Phi) is 5.03. The van der Waals surface area contributed by atoms with Gasteiger partial charge < -0.3 is 10.5 Å². The fourth-order valence-electron chi connectivity index (χ4n) is 1.26. The van der Waals surface area contributed by atoms with Crippen molar-refractivity contribution in [1.82, 2.24) is 0 Å². The molecule has 0 saturated heterocycles. The Balaban J connectivity index is 2.64. The van der Waals surface area contributed by atoms with Crippen LogP contribution in [0.4, 0.5) is 5.69 Å². The molecular formula is C12H15NO3S. The monoisotopic (exact) mass is 253 g/mol. The van der Waals surface area contributed by atoms with Crippen molar-refractivity contribution in [3.05, 3.63) is 29.3 Å². The van der Waals surface area contributed by atoms with Gasteiger partial charge in [-0.1, -0.05) is 23.9 Å². The minimum atomic E-state index is -0.392. The third-order valence-corrected chi connectivity index (χ3v) is 3.03. The van der Waals surface area contributed by atoms with Gasteiger partial charge in [0.1, 0.15) is 0 Å². The van der Waals surface area contributed by atoms with E-state index in [4.69, 9.17) is 10.5 Å². The molecule has 0 spiro atoms. The lowest BCUT2D eigenvalue weighted by atomic mass is 10.1. The van der Waals surface area contributed by atoms with Gasteiger partial charge in [0.05, 0.1) is 17.9 Å². The maximum absolute atomic E-state index is 11.8. The Morgan fingerprint density at radius 1 is 1.41 bits per heavy atom. The van der Waals surface area contributed by atoms with E-state index < -0.39 is 5.97 Å². The largest absolute Gasteiger partial charge is 0.465 e. The maximum atomic E-state index is 11.8. The number of hydrogen-bond donors (Lipinski definition) is 1. The number of ether oxygens (including phenoxy) is 1. The summed E-state index contributed by atoms with van der Waals surface area (Å²) in [6.07, 6.45) is 0. The summed E-state index contributed by atoms with van der Waals surface area (Å²) < 4.78 is 4.74. The summed E-state index contributed by atoms with van der Waals surface area (Å²) in [5, 5.41) is -0.209. The molecule has 1 aromatic carbocycles. The molecule has 0 bridgehead atoms. The number of para-hydroxylation sites is 1. The fraction of sp³-hybridized carbons (Fsp3) is 0.333. The number of thioether (sulfide) groups is 1. The average Bonchev–Trinajstić information content (AvgIpc) is 2.30. The maximum Gasteiger partial charge on any atom is 0.316 e. The summed E-state index contributed by atoms with van der Waals surface area (Å²) in [5.41, 5.74) is 7.56. The van der Waals surface area contributed by atoms with E-state index in [0.29, 0.717) is 17.9 Å². The summed E-state index contributed by atoms with van der Waals surface area (Å²) in [5.74, 6) is -0.378. The van der Waals surface area contributed by atoms with E-state index in [1.165, 1.54) is 0 Å². The summed E-state index contributed by atoms with van der Waals surface area (Å²) in [4.78, 5) is 22.9. The molecule has 0 heterocycles. The van der Waals surface area contributed by atoms with Gasteiger partial charge in [-0.2, -0.15) is 0 Å². The molecule has 1 rings (SSSR count). The van der Waals surface area contributed by atoms with Gasteiger partial charge in [-0.25, -0.2) is 0 Å². The van der Waals surface area contributed by atoms with Crippen LogP contribution in [-0.2, 0) is 9.53 Å². The predicted molar refractivity (Wildman–Crippen MR) is 69.0 cm³/mol. The summed E-state index contributed by atoms with van der Waals surface area (Å²) in [6, 6.07) is 5.26. The number of nitrogens with two attached hydrogens (primary N) is 1. The molecule has 92 valence electrons. The lowest BCUT2D eigenvalue weighted by Gasteiger charge is -2.06. The van der Waals surface area contributed by atoms with Crippen LogP contribution in [0, 0.1) is 6.92 Å². The normalized spacial score (nSPS) is 10.0. The second-order valence-corrected chi connectivity index (χ2v) is 4.37. The summed E-state index contributed by atoms with van der Waals surface area (Å²) >= 11 is 0.907. The molecule has 0 aliphatic heterocycles. The van der Waals surface area contributed by atoms with Crippen LogP contribution in [0.25, 0.3) is 0 Å². The van der Waals surface area contributed by atoms with E-state index in [1.807, 2.05) is 13.0 Å². The van der Waals surface area contributed by atoms with Crippen molar-refractivity contribution < 1.29 is 14.3 Å². The quantitative estimate of drug-likeness (QED) is 0.656. The number of hydrogen-bond acceptors (Lipinski definition) is 5. The number of carbonyl (C=O) groups excluding carboxylic acids is 2. The Morgan fingerprint density at radius 2 is 2.12 bits per heavy atom. The van der Waals surface area contributed by atoms with Crippen molar-refractivity contribution in [2.24, 2.45) is 0 Å². The van der Waals surface area contributed by atoms with Gasteiger partial charge >= 0.3 is 5.97 Å². The van der Waals surface area contributed by atoms with Crippen LogP contribution in [-0.4, -0.2) is 23.4 Å². The summed E-state index contributed by atoms with van der Waals surface area (Å²) in [6.45, 7) is 3.88. The molecule has 0 unspecified atom stereocenters.